The first kappa shape index (κ1) is 14.4. The molecule has 104 valence electrons. The highest BCUT2D eigenvalue weighted by Gasteiger charge is 2.24. The topological polar surface area (TPSA) is 38.8 Å². The lowest BCUT2D eigenvalue weighted by Gasteiger charge is -2.29. The minimum atomic E-state index is -0.603. The summed E-state index contributed by atoms with van der Waals surface area (Å²) >= 11 is 11.9. The van der Waals surface area contributed by atoms with Crippen LogP contribution in [0.3, 0.4) is 0 Å². The van der Waals surface area contributed by atoms with Crippen molar-refractivity contribution in [1.82, 2.24) is 4.90 Å². The van der Waals surface area contributed by atoms with Gasteiger partial charge in [-0.3, -0.25) is 4.79 Å². The van der Waals surface area contributed by atoms with E-state index in [0.717, 1.165) is 0 Å². The molecule has 1 saturated heterocycles. The van der Waals surface area contributed by atoms with Gasteiger partial charge in [-0.15, -0.1) is 0 Å². The number of amides is 1. The minimum Gasteiger partial charge on any atom is -0.479 e. The quantitative estimate of drug-likeness (QED) is 0.861. The molecule has 1 amide bonds. The summed E-state index contributed by atoms with van der Waals surface area (Å²) in [6.07, 6.45) is -0.603. The van der Waals surface area contributed by atoms with Gasteiger partial charge in [-0.1, -0.05) is 29.3 Å². The molecule has 0 spiro atoms. The number of ether oxygens (including phenoxy) is 2. The summed E-state index contributed by atoms with van der Waals surface area (Å²) in [5.41, 5.74) is 0. The van der Waals surface area contributed by atoms with Crippen molar-refractivity contribution in [3.05, 3.63) is 28.2 Å². The molecule has 0 N–H and O–H groups in total. The molecule has 0 aliphatic carbocycles. The number of morpholine rings is 1. The van der Waals surface area contributed by atoms with Gasteiger partial charge < -0.3 is 14.4 Å². The third kappa shape index (κ3) is 3.53. The average molecular weight is 304 g/mol. The predicted molar refractivity (Wildman–Crippen MR) is 74.0 cm³/mol. The number of halogens is 2. The Morgan fingerprint density at radius 1 is 1.37 bits per heavy atom. The van der Waals surface area contributed by atoms with Crippen LogP contribution in [0.4, 0.5) is 0 Å². The lowest BCUT2D eigenvalue weighted by Crippen LogP contribution is -2.46. The molecule has 0 saturated carbocycles. The van der Waals surface area contributed by atoms with Gasteiger partial charge in [0, 0.05) is 13.1 Å². The summed E-state index contributed by atoms with van der Waals surface area (Å²) in [6.45, 7) is 4.02. The Hall–Kier alpha value is -0.970. The molecule has 0 aromatic heterocycles. The van der Waals surface area contributed by atoms with E-state index in [2.05, 4.69) is 0 Å². The maximum Gasteiger partial charge on any atom is 0.263 e. The molecule has 1 aromatic carbocycles. The Balaban J connectivity index is 2.01. The number of rotatable bonds is 3. The first-order valence-electron chi connectivity index (χ1n) is 6.07. The number of hydrogen-bond acceptors (Lipinski definition) is 3. The monoisotopic (exact) mass is 303 g/mol. The Kier molecular flexibility index (Phi) is 4.91. The number of carbonyl (C=O) groups is 1. The van der Waals surface area contributed by atoms with Crippen molar-refractivity contribution in [3.63, 3.8) is 0 Å². The molecule has 6 heteroatoms. The van der Waals surface area contributed by atoms with E-state index in [1.165, 1.54) is 0 Å². The molecule has 1 atom stereocenters. The smallest absolute Gasteiger partial charge is 0.263 e. The zero-order valence-electron chi connectivity index (χ0n) is 10.6. The van der Waals surface area contributed by atoms with Gasteiger partial charge >= 0.3 is 0 Å². The standard InChI is InChI=1S/C13H15Cl2NO3/c1-9(13(17)16-5-7-18-8-6-16)19-11-4-2-3-10(14)12(11)15/h2-4,9H,5-8H2,1H3/t9-/m1/s1. The van der Waals surface area contributed by atoms with Gasteiger partial charge in [-0.05, 0) is 19.1 Å². The fraction of sp³-hybridized carbons (Fsp3) is 0.462. The van der Waals surface area contributed by atoms with Crippen molar-refractivity contribution < 1.29 is 14.3 Å². The lowest BCUT2D eigenvalue weighted by atomic mass is 10.3. The zero-order chi connectivity index (χ0) is 13.8. The molecule has 2 rings (SSSR count). The Bertz CT molecular complexity index is 461. The van der Waals surface area contributed by atoms with Crippen molar-refractivity contribution in [2.75, 3.05) is 26.3 Å². The van der Waals surface area contributed by atoms with E-state index in [1.54, 1.807) is 30.0 Å². The van der Waals surface area contributed by atoms with Crippen LogP contribution in [0.25, 0.3) is 0 Å². The first-order valence-corrected chi connectivity index (χ1v) is 6.82. The van der Waals surface area contributed by atoms with E-state index in [4.69, 9.17) is 32.7 Å². The summed E-state index contributed by atoms with van der Waals surface area (Å²) in [7, 11) is 0. The van der Waals surface area contributed by atoms with Gasteiger partial charge in [-0.2, -0.15) is 0 Å². The summed E-state index contributed by atoms with van der Waals surface area (Å²) < 4.78 is 10.8. The van der Waals surface area contributed by atoms with E-state index >= 15 is 0 Å². The number of benzene rings is 1. The van der Waals surface area contributed by atoms with Crippen molar-refractivity contribution in [3.8, 4) is 5.75 Å². The highest BCUT2D eigenvalue weighted by molar-refractivity contribution is 6.42. The second-order valence-corrected chi connectivity index (χ2v) is 5.03. The zero-order valence-corrected chi connectivity index (χ0v) is 12.1. The van der Waals surface area contributed by atoms with Crippen LogP contribution in [0.15, 0.2) is 18.2 Å². The Morgan fingerprint density at radius 2 is 2.05 bits per heavy atom. The fourth-order valence-corrected chi connectivity index (χ4v) is 2.19. The third-order valence-corrected chi connectivity index (χ3v) is 3.69. The second kappa shape index (κ2) is 6.46. The van der Waals surface area contributed by atoms with Gasteiger partial charge in [0.15, 0.2) is 6.10 Å². The Morgan fingerprint density at radius 3 is 2.74 bits per heavy atom. The Labute approximate surface area is 122 Å². The largest absolute Gasteiger partial charge is 0.479 e. The van der Waals surface area contributed by atoms with Gasteiger partial charge in [-0.25, -0.2) is 0 Å². The van der Waals surface area contributed by atoms with Crippen LogP contribution in [-0.4, -0.2) is 43.2 Å². The maximum atomic E-state index is 12.2. The van der Waals surface area contributed by atoms with E-state index in [0.29, 0.717) is 42.1 Å². The minimum absolute atomic E-state index is 0.0701. The average Bonchev–Trinajstić information content (AvgIpc) is 2.44. The molecule has 0 bridgehead atoms. The van der Waals surface area contributed by atoms with E-state index < -0.39 is 6.10 Å². The molecule has 0 unspecified atom stereocenters. The lowest BCUT2D eigenvalue weighted by molar-refractivity contribution is -0.142. The molecular weight excluding hydrogens is 289 g/mol. The third-order valence-electron chi connectivity index (χ3n) is 2.89. The van der Waals surface area contributed by atoms with Gasteiger partial charge in [0.2, 0.25) is 0 Å². The number of nitrogens with zero attached hydrogens (tertiary/aromatic N) is 1. The van der Waals surface area contributed by atoms with Crippen LogP contribution < -0.4 is 4.74 Å². The van der Waals surface area contributed by atoms with E-state index in [1.807, 2.05) is 0 Å². The van der Waals surface area contributed by atoms with Gasteiger partial charge in [0.05, 0.1) is 18.2 Å². The molecule has 1 aliphatic rings. The molecule has 0 radical (unpaired) electrons. The SMILES string of the molecule is C[C@@H](Oc1cccc(Cl)c1Cl)C(=O)N1CCOCC1. The first-order chi connectivity index (χ1) is 9.09. The second-order valence-electron chi connectivity index (χ2n) is 4.25. The summed E-state index contributed by atoms with van der Waals surface area (Å²) in [6, 6.07) is 5.10. The maximum absolute atomic E-state index is 12.2. The van der Waals surface area contributed by atoms with Crippen LogP contribution in [0.5, 0.6) is 5.75 Å². The summed E-state index contributed by atoms with van der Waals surface area (Å²) in [4.78, 5) is 13.9. The van der Waals surface area contributed by atoms with Crippen molar-refractivity contribution >= 4 is 29.1 Å². The van der Waals surface area contributed by atoms with Crippen molar-refractivity contribution in [2.45, 2.75) is 13.0 Å². The van der Waals surface area contributed by atoms with Crippen molar-refractivity contribution in [2.24, 2.45) is 0 Å². The van der Waals surface area contributed by atoms with Gasteiger partial charge in [0.1, 0.15) is 10.8 Å². The fourth-order valence-electron chi connectivity index (χ4n) is 1.86. The van der Waals surface area contributed by atoms with Crippen LogP contribution >= 0.6 is 23.2 Å². The van der Waals surface area contributed by atoms with Crippen LogP contribution in [0.1, 0.15) is 6.92 Å². The van der Waals surface area contributed by atoms with Gasteiger partial charge in [0.25, 0.3) is 5.91 Å². The predicted octanol–water partition coefficient (Wildman–Crippen LogP) is 2.62. The van der Waals surface area contributed by atoms with E-state index in [9.17, 15) is 4.79 Å². The van der Waals surface area contributed by atoms with Crippen LogP contribution in [0.2, 0.25) is 10.0 Å². The van der Waals surface area contributed by atoms with Crippen LogP contribution in [-0.2, 0) is 9.53 Å². The molecule has 1 aromatic rings. The molecule has 1 heterocycles. The number of carbonyl (C=O) groups excluding carboxylic acids is 1. The van der Waals surface area contributed by atoms with Crippen LogP contribution in [0, 0.1) is 0 Å². The normalized spacial score (nSPS) is 17.1. The van der Waals surface area contributed by atoms with E-state index in [-0.39, 0.29) is 5.91 Å². The van der Waals surface area contributed by atoms with Crippen molar-refractivity contribution in [1.29, 1.82) is 0 Å². The molecule has 1 fully saturated rings. The molecule has 4 nitrogen and oxygen atoms in total. The summed E-state index contributed by atoms with van der Waals surface area (Å²) in [5.74, 6) is 0.350. The molecule has 1 aliphatic heterocycles. The molecule has 19 heavy (non-hydrogen) atoms. The molecular formula is C13H15Cl2NO3. The highest BCUT2D eigenvalue weighted by Crippen LogP contribution is 2.32. The summed E-state index contributed by atoms with van der Waals surface area (Å²) in [5, 5.41) is 0.732. The number of hydrogen-bond donors (Lipinski definition) is 0. The highest BCUT2D eigenvalue weighted by atomic mass is 35.5.